The summed E-state index contributed by atoms with van der Waals surface area (Å²) in [4.78, 5) is 0. The molecule has 0 saturated carbocycles. The molecular weight excluding hydrogens is 116 g/mol. The van der Waals surface area contributed by atoms with Crippen LogP contribution in [0.2, 0.25) is 0 Å². The maximum absolute atomic E-state index is 6.22. The first-order valence-corrected chi connectivity index (χ1v) is 4.15. The Morgan fingerprint density at radius 2 is 1.50 bits per heavy atom. The van der Waals surface area contributed by atoms with Crippen molar-refractivity contribution in [1.29, 1.82) is 5.16 Å². The summed E-state index contributed by atoms with van der Waals surface area (Å²) >= 11 is 9.62. The molecule has 0 aliphatic carbocycles. The van der Waals surface area contributed by atoms with Crippen LogP contribution in [0.25, 0.3) is 0 Å². The molecule has 0 bridgehead atoms. The van der Waals surface area contributed by atoms with E-state index in [1.54, 1.807) is 0 Å². The minimum Gasteiger partial charge on any atom is -0.292 e. The lowest BCUT2D eigenvalue weighted by molar-refractivity contribution is 1.65. The molecular formula is H2Cl2NP. The third-order valence-electron chi connectivity index (χ3n) is 0. The molecule has 0 fully saturated rings. The van der Waals surface area contributed by atoms with Crippen LogP contribution in [0.15, 0.2) is 0 Å². The minimum absolute atomic E-state index is 1.69. The topological polar surface area (TPSA) is 23.9 Å². The highest BCUT2D eigenvalue weighted by Crippen LogP contribution is 2.32. The van der Waals surface area contributed by atoms with E-state index in [2.05, 4.69) is 0 Å². The first-order chi connectivity index (χ1) is 1.73. The lowest BCUT2D eigenvalue weighted by atomic mass is 14.0. The first kappa shape index (κ1) is 4.81. The molecule has 0 heterocycles. The molecule has 0 spiro atoms. The Kier molecular flexibility index (Phi) is 2.49. The number of halogens is 2. The van der Waals surface area contributed by atoms with E-state index in [0.29, 0.717) is 0 Å². The van der Waals surface area contributed by atoms with E-state index in [4.69, 9.17) is 27.6 Å². The number of nitrogens with one attached hydrogen (secondary N) is 1. The van der Waals surface area contributed by atoms with E-state index in [9.17, 15) is 0 Å². The Morgan fingerprint density at radius 3 is 1.50 bits per heavy atom. The SMILES string of the molecule is N=[PH](Cl)Cl. The maximum Gasteiger partial charge on any atom is 0.122 e. The Morgan fingerprint density at radius 1 is 1.50 bits per heavy atom. The molecule has 0 aliphatic rings. The van der Waals surface area contributed by atoms with Crippen LogP contribution < -0.4 is 0 Å². The molecule has 0 atom stereocenters. The second-order valence-corrected chi connectivity index (χ2v) is 3.63. The molecule has 0 unspecified atom stereocenters. The molecule has 26 valence electrons. The maximum atomic E-state index is 6.22. The summed E-state index contributed by atoms with van der Waals surface area (Å²) in [5, 5.41) is 6.22. The predicted octanol–water partition coefficient (Wildman–Crippen LogP) is 2.27. The van der Waals surface area contributed by atoms with Gasteiger partial charge in [0.1, 0.15) is 6.42 Å². The van der Waals surface area contributed by atoms with E-state index in [1.807, 2.05) is 0 Å². The van der Waals surface area contributed by atoms with Crippen molar-refractivity contribution in [3.63, 3.8) is 0 Å². The largest absolute Gasteiger partial charge is 0.292 e. The van der Waals surface area contributed by atoms with Crippen LogP contribution in [-0.2, 0) is 0 Å². The molecule has 0 amide bonds. The highest BCUT2D eigenvalue weighted by Gasteiger charge is 1.59. The van der Waals surface area contributed by atoms with Gasteiger partial charge in [-0.05, 0) is 0 Å². The molecule has 1 nitrogen and oxygen atoms in total. The second kappa shape index (κ2) is 2.07. The fourth-order valence-corrected chi connectivity index (χ4v) is 0. The van der Waals surface area contributed by atoms with Gasteiger partial charge < -0.3 is 0 Å². The van der Waals surface area contributed by atoms with Crippen LogP contribution in [0.5, 0.6) is 0 Å². The fourth-order valence-electron chi connectivity index (χ4n) is 0. The molecule has 0 aromatic heterocycles. The Labute approximate surface area is 34.8 Å². The van der Waals surface area contributed by atoms with Crippen molar-refractivity contribution in [3.8, 4) is 0 Å². The van der Waals surface area contributed by atoms with Crippen molar-refractivity contribution in [1.82, 2.24) is 0 Å². The van der Waals surface area contributed by atoms with Gasteiger partial charge in [0.05, 0.1) is 0 Å². The molecule has 4 heavy (non-hydrogen) atoms. The van der Waals surface area contributed by atoms with Gasteiger partial charge >= 0.3 is 0 Å². The zero-order valence-electron chi connectivity index (χ0n) is 1.76. The zero-order valence-corrected chi connectivity index (χ0v) is 4.27. The summed E-state index contributed by atoms with van der Waals surface area (Å²) in [7, 11) is 0. The molecule has 0 aromatic rings. The highest BCUT2D eigenvalue weighted by molar-refractivity contribution is 7.95. The van der Waals surface area contributed by atoms with Gasteiger partial charge in [-0.3, -0.25) is 5.16 Å². The number of hydrogen-bond donors (Lipinski definition) is 1. The van der Waals surface area contributed by atoms with Gasteiger partial charge in [-0.1, -0.05) is 22.5 Å². The minimum atomic E-state index is -1.69. The predicted molar refractivity (Wildman–Crippen MR) is 22.7 cm³/mol. The third kappa shape index (κ3) is 14.0. The third-order valence-corrected chi connectivity index (χ3v) is 0. The first-order valence-electron chi connectivity index (χ1n) is 0.628. The van der Waals surface area contributed by atoms with Crippen molar-refractivity contribution in [3.05, 3.63) is 0 Å². The molecule has 1 N–H and O–H groups in total. The van der Waals surface area contributed by atoms with Gasteiger partial charge in [0.2, 0.25) is 0 Å². The van der Waals surface area contributed by atoms with Gasteiger partial charge in [0.15, 0.2) is 0 Å². The summed E-state index contributed by atoms with van der Waals surface area (Å²) in [5.74, 6) is 0. The van der Waals surface area contributed by atoms with Crippen molar-refractivity contribution >= 4 is 28.9 Å². The van der Waals surface area contributed by atoms with Crippen LogP contribution in [0, 0.1) is 5.16 Å². The molecule has 4 heteroatoms. The van der Waals surface area contributed by atoms with Crippen molar-refractivity contribution in [2.75, 3.05) is 0 Å². The molecule has 0 radical (unpaired) electrons. The van der Waals surface area contributed by atoms with Crippen LogP contribution in [0.1, 0.15) is 0 Å². The molecule has 0 rings (SSSR count). The average molecular weight is 118 g/mol. The molecule has 0 aromatic carbocycles. The summed E-state index contributed by atoms with van der Waals surface area (Å²) in [5.41, 5.74) is 0. The number of hydrogen-bond acceptors (Lipinski definition) is 1. The number of rotatable bonds is 0. The van der Waals surface area contributed by atoms with Crippen molar-refractivity contribution in [2.24, 2.45) is 0 Å². The Hall–Kier alpha value is 0.810. The summed E-state index contributed by atoms with van der Waals surface area (Å²) < 4.78 is 0. The summed E-state index contributed by atoms with van der Waals surface area (Å²) in [6, 6.07) is 0. The lowest BCUT2D eigenvalue weighted by Gasteiger charge is -1.58. The standard InChI is InChI=1S/Cl2H2NP/c1-4(2)3/h3-4H. The normalized spacial score (nSPS) is 8.75. The monoisotopic (exact) mass is 117 g/mol. The van der Waals surface area contributed by atoms with Crippen LogP contribution in [0.3, 0.4) is 0 Å². The Balaban J connectivity index is 2.80. The van der Waals surface area contributed by atoms with E-state index in [-0.39, 0.29) is 0 Å². The smallest absolute Gasteiger partial charge is 0.122 e. The van der Waals surface area contributed by atoms with E-state index in [1.165, 1.54) is 0 Å². The second-order valence-electron chi connectivity index (χ2n) is 0.260. The van der Waals surface area contributed by atoms with Gasteiger partial charge in [-0.25, -0.2) is 0 Å². The fraction of sp³-hybridized carbons (Fsp3) is 0. The molecule has 0 aliphatic heterocycles. The van der Waals surface area contributed by atoms with E-state index in [0.717, 1.165) is 0 Å². The van der Waals surface area contributed by atoms with E-state index < -0.39 is 6.42 Å². The van der Waals surface area contributed by atoms with Gasteiger partial charge in [0.25, 0.3) is 0 Å². The summed E-state index contributed by atoms with van der Waals surface area (Å²) in [6.45, 7) is 0. The van der Waals surface area contributed by atoms with Crippen LogP contribution in [0.4, 0.5) is 0 Å². The lowest BCUT2D eigenvalue weighted by Crippen LogP contribution is -0.901. The highest BCUT2D eigenvalue weighted by atomic mass is 35.9. The Bertz CT molecular complexity index is 29.0. The molecule has 0 saturated heterocycles. The summed E-state index contributed by atoms with van der Waals surface area (Å²) in [6.07, 6.45) is -1.69. The van der Waals surface area contributed by atoms with Crippen molar-refractivity contribution < 1.29 is 0 Å². The van der Waals surface area contributed by atoms with Crippen molar-refractivity contribution in [2.45, 2.75) is 0 Å². The van der Waals surface area contributed by atoms with Gasteiger partial charge in [0, 0.05) is 0 Å². The van der Waals surface area contributed by atoms with Crippen LogP contribution in [-0.4, -0.2) is 0 Å². The van der Waals surface area contributed by atoms with Gasteiger partial charge in [-0.2, -0.15) is 0 Å². The zero-order chi connectivity index (χ0) is 3.58. The average Bonchev–Trinajstić information content (AvgIpc) is 0.811. The van der Waals surface area contributed by atoms with Gasteiger partial charge in [-0.15, -0.1) is 0 Å². The van der Waals surface area contributed by atoms with E-state index >= 15 is 0 Å². The quantitative estimate of drug-likeness (QED) is 0.471. The van der Waals surface area contributed by atoms with Crippen LogP contribution >= 0.6 is 28.9 Å².